The molecule has 14 heavy (non-hydrogen) atoms. The van der Waals surface area contributed by atoms with Crippen LogP contribution in [0, 0.1) is 0 Å². The number of rotatable bonds is 1. The van der Waals surface area contributed by atoms with Gasteiger partial charge in [-0.2, -0.15) is 26.3 Å². The van der Waals surface area contributed by atoms with Gasteiger partial charge in [0.15, 0.2) is 0 Å². The molecule has 0 saturated carbocycles. The highest BCUT2D eigenvalue weighted by Gasteiger charge is 2.74. The van der Waals surface area contributed by atoms with E-state index in [1.807, 2.05) is 0 Å². The molecule has 0 aliphatic carbocycles. The molecule has 84 valence electrons. The average Bonchev–Trinajstić information content (AvgIpc) is 1.97. The topological polar surface area (TPSA) is 29.1 Å². The smallest absolute Gasteiger partial charge is 0.357 e. The molecule has 2 nitrogen and oxygen atoms in total. The Balaban J connectivity index is 5.40. The molecule has 0 aromatic carbocycles. The lowest BCUT2D eigenvalue weighted by Gasteiger charge is -2.29. The van der Waals surface area contributed by atoms with Gasteiger partial charge in [0.05, 0.1) is 0 Å². The first kappa shape index (κ1) is 13.5. The summed E-state index contributed by atoms with van der Waals surface area (Å²) >= 11 is 1.39. The molecule has 0 saturated heterocycles. The summed E-state index contributed by atoms with van der Waals surface area (Å²) in [6.07, 6.45) is -11.5. The Morgan fingerprint density at radius 2 is 1.36 bits per heavy atom. The summed E-state index contributed by atoms with van der Waals surface area (Å²) in [7, 11) is 0.676. The lowest BCUT2D eigenvalue weighted by atomic mass is 10.1. The van der Waals surface area contributed by atoms with Gasteiger partial charge in [-0.25, -0.2) is 0 Å². The summed E-state index contributed by atoms with van der Waals surface area (Å²) in [5.41, 5.74) is 0. The van der Waals surface area contributed by atoms with Crippen molar-refractivity contribution in [2.45, 2.75) is 16.7 Å². The molecule has 0 aromatic heterocycles. The van der Waals surface area contributed by atoms with Gasteiger partial charge in [0.2, 0.25) is 0 Å². The van der Waals surface area contributed by atoms with Crippen LogP contribution in [0.1, 0.15) is 0 Å². The average molecular weight is 288 g/mol. The van der Waals surface area contributed by atoms with E-state index in [-0.39, 0.29) is 0 Å². The summed E-state index contributed by atoms with van der Waals surface area (Å²) in [5.74, 6) is -2.21. The quantitative estimate of drug-likeness (QED) is 0.580. The van der Waals surface area contributed by atoms with Crippen LogP contribution in [-0.4, -0.2) is 29.6 Å². The van der Waals surface area contributed by atoms with E-state index in [2.05, 4.69) is 0 Å². The van der Waals surface area contributed by atoms with Gasteiger partial charge in [-0.3, -0.25) is 4.79 Å². The molecule has 0 spiro atoms. The van der Waals surface area contributed by atoms with Crippen molar-refractivity contribution in [3.05, 3.63) is 0 Å². The Morgan fingerprint density at radius 3 is 1.43 bits per heavy atom. The Morgan fingerprint density at radius 1 is 1.07 bits per heavy atom. The van der Waals surface area contributed by atoms with E-state index in [4.69, 9.17) is 0 Å². The summed E-state index contributed by atoms with van der Waals surface area (Å²) < 4.78 is 67.5. The van der Waals surface area contributed by atoms with E-state index in [9.17, 15) is 31.1 Å². The lowest BCUT2D eigenvalue weighted by molar-refractivity contribution is -0.254. The molecule has 0 fully saturated rings. The van der Waals surface area contributed by atoms with Crippen LogP contribution in [0.4, 0.5) is 26.3 Å². The minimum Gasteiger partial charge on any atom is -0.357 e. The van der Waals surface area contributed by atoms with Crippen molar-refractivity contribution in [3.63, 3.8) is 0 Å². The first-order valence-corrected chi connectivity index (χ1v) is 3.82. The number of carbonyl (C=O) groups is 1. The number of hydrogen-bond acceptors (Lipinski definition) is 1. The third-order valence-corrected chi connectivity index (χ3v) is 2.58. The predicted molar refractivity (Wildman–Crippen MR) is 37.8 cm³/mol. The van der Waals surface area contributed by atoms with Gasteiger partial charge >= 0.3 is 12.4 Å². The van der Waals surface area contributed by atoms with E-state index < -0.39 is 22.6 Å². The fourth-order valence-corrected chi connectivity index (χ4v) is 0.789. The third-order valence-electron chi connectivity index (χ3n) is 1.32. The van der Waals surface area contributed by atoms with Crippen LogP contribution in [0.2, 0.25) is 0 Å². The van der Waals surface area contributed by atoms with Crippen molar-refractivity contribution in [1.29, 1.82) is 0 Å². The normalized spacial score (nSPS) is 14.0. The van der Waals surface area contributed by atoms with Crippen molar-refractivity contribution < 1.29 is 31.1 Å². The molecule has 0 bridgehead atoms. The minimum atomic E-state index is -5.76. The minimum absolute atomic E-state index is 0.676. The highest BCUT2D eigenvalue weighted by molar-refractivity contribution is 9.10. The molecule has 0 radical (unpaired) electrons. The zero-order valence-corrected chi connectivity index (χ0v) is 8.14. The molecule has 0 aromatic rings. The summed E-state index contributed by atoms with van der Waals surface area (Å²) in [4.78, 5) is 10.5. The molecular weight excluding hydrogens is 284 g/mol. The summed E-state index contributed by atoms with van der Waals surface area (Å²) in [6.45, 7) is 0. The van der Waals surface area contributed by atoms with Gasteiger partial charge in [0.1, 0.15) is 0 Å². The van der Waals surface area contributed by atoms with Crippen LogP contribution in [0.15, 0.2) is 0 Å². The number of halogens is 7. The molecule has 0 rings (SSSR count). The van der Waals surface area contributed by atoms with Gasteiger partial charge in [0, 0.05) is 7.05 Å². The highest BCUT2D eigenvalue weighted by atomic mass is 79.9. The molecule has 1 amide bonds. The van der Waals surface area contributed by atoms with Crippen molar-refractivity contribution in [3.8, 4) is 0 Å². The molecule has 0 aliphatic rings. The van der Waals surface area contributed by atoms with Gasteiger partial charge < -0.3 is 5.32 Å². The monoisotopic (exact) mass is 287 g/mol. The number of nitrogens with one attached hydrogen (secondary N) is 1. The Hall–Kier alpha value is -0.470. The van der Waals surface area contributed by atoms with Crippen molar-refractivity contribution in [2.75, 3.05) is 7.05 Å². The second-order valence-corrected chi connectivity index (χ2v) is 3.42. The molecule has 0 atom stereocenters. The zero-order chi connectivity index (χ0) is 11.8. The van der Waals surface area contributed by atoms with Crippen LogP contribution in [-0.2, 0) is 4.79 Å². The largest absolute Gasteiger partial charge is 0.421 e. The fourth-order valence-electron chi connectivity index (χ4n) is 0.590. The Kier molecular flexibility index (Phi) is 3.47. The van der Waals surface area contributed by atoms with Gasteiger partial charge in [0.25, 0.3) is 10.2 Å². The van der Waals surface area contributed by atoms with Crippen molar-refractivity contribution in [1.82, 2.24) is 5.32 Å². The molecule has 0 aliphatic heterocycles. The molecule has 0 unspecified atom stereocenters. The Bertz CT molecular complexity index is 219. The number of hydrogen-bond donors (Lipinski definition) is 1. The van der Waals surface area contributed by atoms with E-state index >= 15 is 0 Å². The molecule has 9 heteroatoms. The van der Waals surface area contributed by atoms with Crippen LogP contribution in [0.3, 0.4) is 0 Å². The van der Waals surface area contributed by atoms with Crippen LogP contribution in [0.25, 0.3) is 0 Å². The standard InChI is InChI=1S/C5H4BrF6NO/c1-13-2(14)3(6,4(7,8)9)5(10,11)12/h1H3,(H,13,14). The van der Waals surface area contributed by atoms with Crippen molar-refractivity contribution in [2.24, 2.45) is 0 Å². The molecule has 0 heterocycles. The highest BCUT2D eigenvalue weighted by Crippen LogP contribution is 2.49. The van der Waals surface area contributed by atoms with E-state index in [0.29, 0.717) is 7.05 Å². The van der Waals surface area contributed by atoms with Crippen LogP contribution in [0.5, 0.6) is 0 Å². The first-order valence-electron chi connectivity index (χ1n) is 3.03. The fraction of sp³-hybridized carbons (Fsp3) is 0.800. The van der Waals surface area contributed by atoms with E-state index in [0.717, 1.165) is 0 Å². The van der Waals surface area contributed by atoms with E-state index in [1.54, 1.807) is 0 Å². The lowest BCUT2D eigenvalue weighted by Crippen LogP contribution is -2.60. The number of amides is 1. The summed E-state index contributed by atoms with van der Waals surface area (Å²) in [6, 6.07) is 0. The second kappa shape index (κ2) is 3.59. The predicted octanol–water partition coefficient (Wildman–Crippen LogP) is 1.99. The maximum atomic E-state index is 12.0. The number of carbonyl (C=O) groups excluding carboxylic acids is 1. The summed E-state index contributed by atoms with van der Waals surface area (Å²) in [5, 5.41) is 1.29. The third kappa shape index (κ3) is 1.96. The van der Waals surface area contributed by atoms with Crippen molar-refractivity contribution >= 4 is 21.8 Å². The maximum absolute atomic E-state index is 12.0. The SMILES string of the molecule is CNC(=O)C(Br)(C(F)(F)F)C(F)(F)F. The Labute approximate surface area is 82.8 Å². The van der Waals surface area contributed by atoms with Gasteiger partial charge in [-0.05, 0) is 0 Å². The van der Waals surface area contributed by atoms with Crippen LogP contribution >= 0.6 is 15.9 Å². The van der Waals surface area contributed by atoms with Crippen LogP contribution < -0.4 is 5.32 Å². The van der Waals surface area contributed by atoms with Gasteiger partial charge in [-0.1, -0.05) is 15.9 Å². The maximum Gasteiger partial charge on any atom is 0.421 e. The zero-order valence-electron chi connectivity index (χ0n) is 6.55. The molecular formula is C5H4BrF6NO. The number of alkyl halides is 7. The first-order chi connectivity index (χ1) is 5.98. The van der Waals surface area contributed by atoms with E-state index in [1.165, 1.54) is 21.2 Å². The van der Waals surface area contributed by atoms with Gasteiger partial charge in [-0.15, -0.1) is 0 Å². The molecule has 1 N–H and O–H groups in total. The second-order valence-electron chi connectivity index (χ2n) is 2.23.